The first kappa shape index (κ1) is 29.5. The zero-order valence-electron chi connectivity index (χ0n) is 22.7. The number of rotatable bonds is 9. The molecule has 2 aromatic carbocycles. The summed E-state index contributed by atoms with van der Waals surface area (Å²) < 4.78 is 67.6. The van der Waals surface area contributed by atoms with Crippen LogP contribution in [0.3, 0.4) is 0 Å². The molecule has 0 aromatic heterocycles. The molecule has 1 saturated carbocycles. The van der Waals surface area contributed by atoms with E-state index in [0.29, 0.717) is 28.7 Å². The summed E-state index contributed by atoms with van der Waals surface area (Å²) in [5.74, 6) is -3.27. The second-order valence-electron chi connectivity index (χ2n) is 11.7. The van der Waals surface area contributed by atoms with E-state index >= 15 is 8.78 Å². The van der Waals surface area contributed by atoms with Gasteiger partial charge in [0, 0.05) is 22.1 Å². The van der Waals surface area contributed by atoms with Gasteiger partial charge in [0.1, 0.15) is 5.75 Å². The van der Waals surface area contributed by atoms with E-state index in [1.165, 1.54) is 66.6 Å². The van der Waals surface area contributed by atoms with Gasteiger partial charge < -0.3 is 9.64 Å². The minimum atomic E-state index is -4.47. The van der Waals surface area contributed by atoms with Gasteiger partial charge in [0.15, 0.2) is 6.04 Å². The van der Waals surface area contributed by atoms with Crippen molar-refractivity contribution >= 4 is 31.9 Å². The maximum Gasteiger partial charge on any atom is 0.298 e. The fraction of sp³-hybridized carbons (Fsp3) is 0.567. The van der Waals surface area contributed by atoms with Crippen molar-refractivity contribution < 1.29 is 26.7 Å². The number of carbonyl (C=O) groups is 1. The number of alkyl halides is 2. The van der Waals surface area contributed by atoms with Crippen LogP contribution < -0.4 is 9.46 Å². The Morgan fingerprint density at radius 1 is 1.05 bits per heavy atom. The van der Waals surface area contributed by atoms with Crippen molar-refractivity contribution in [3.8, 4) is 5.75 Å². The summed E-state index contributed by atoms with van der Waals surface area (Å²) in [6.07, 6.45) is 8.82. The lowest BCUT2D eigenvalue weighted by molar-refractivity contribution is -0.149. The lowest BCUT2D eigenvalue weighted by Gasteiger charge is -2.41. The molecule has 2 aromatic rings. The predicted molar refractivity (Wildman–Crippen MR) is 153 cm³/mol. The van der Waals surface area contributed by atoms with E-state index in [4.69, 9.17) is 4.74 Å². The number of benzene rings is 2. The fourth-order valence-electron chi connectivity index (χ4n) is 6.61. The molecular formula is C30H37BrF2N2O4S. The highest BCUT2D eigenvalue weighted by molar-refractivity contribution is 9.10. The van der Waals surface area contributed by atoms with Gasteiger partial charge >= 0.3 is 0 Å². The molecule has 2 aliphatic heterocycles. The molecule has 0 spiro atoms. The largest absolute Gasteiger partial charge is 0.493 e. The highest BCUT2D eigenvalue weighted by Crippen LogP contribution is 2.42. The Morgan fingerprint density at radius 3 is 2.33 bits per heavy atom. The summed E-state index contributed by atoms with van der Waals surface area (Å²) in [7, 11) is -4.47. The van der Waals surface area contributed by atoms with Crippen molar-refractivity contribution in [2.45, 2.75) is 93.7 Å². The maximum atomic E-state index is 16.1. The van der Waals surface area contributed by atoms with Crippen LogP contribution in [0.1, 0.15) is 70.3 Å². The van der Waals surface area contributed by atoms with Crippen LogP contribution in [0.25, 0.3) is 0 Å². The highest BCUT2D eigenvalue weighted by atomic mass is 79.9. The summed E-state index contributed by atoms with van der Waals surface area (Å²) in [5, 5.41) is 0. The third-order valence-corrected chi connectivity index (χ3v) is 10.6. The molecule has 218 valence electrons. The van der Waals surface area contributed by atoms with Crippen LogP contribution in [-0.4, -0.2) is 44.0 Å². The second kappa shape index (κ2) is 12.1. The molecule has 3 unspecified atom stereocenters. The summed E-state index contributed by atoms with van der Waals surface area (Å²) in [6.45, 7) is 2.67. The molecule has 6 nitrogen and oxygen atoms in total. The van der Waals surface area contributed by atoms with Gasteiger partial charge in [-0.05, 0) is 86.8 Å². The van der Waals surface area contributed by atoms with Crippen molar-refractivity contribution in [3.05, 3.63) is 58.6 Å². The van der Waals surface area contributed by atoms with E-state index in [9.17, 15) is 13.2 Å². The third kappa shape index (κ3) is 6.39. The average molecular weight is 640 g/mol. The molecule has 3 atom stereocenters. The number of nitrogens with one attached hydrogen (secondary N) is 1. The Hall–Kier alpha value is -2.04. The summed E-state index contributed by atoms with van der Waals surface area (Å²) in [6, 6.07) is 8.62. The second-order valence-corrected chi connectivity index (χ2v) is 14.3. The molecule has 5 rings (SSSR count). The van der Waals surface area contributed by atoms with Crippen molar-refractivity contribution in [1.82, 2.24) is 9.62 Å². The van der Waals surface area contributed by atoms with Crippen molar-refractivity contribution in [2.24, 2.45) is 11.8 Å². The zero-order valence-corrected chi connectivity index (χ0v) is 25.1. The molecule has 10 heteroatoms. The minimum absolute atomic E-state index is 0.160. The van der Waals surface area contributed by atoms with E-state index in [1.807, 2.05) is 0 Å². The van der Waals surface area contributed by atoms with E-state index in [1.54, 1.807) is 6.07 Å². The van der Waals surface area contributed by atoms with E-state index in [0.717, 1.165) is 38.5 Å². The average Bonchev–Trinajstić information content (AvgIpc) is 3.21. The van der Waals surface area contributed by atoms with Gasteiger partial charge in [0.05, 0.1) is 11.5 Å². The van der Waals surface area contributed by atoms with Gasteiger partial charge in [-0.1, -0.05) is 54.2 Å². The lowest BCUT2D eigenvalue weighted by atomic mass is 9.90. The van der Waals surface area contributed by atoms with Crippen molar-refractivity contribution in [3.63, 3.8) is 0 Å². The Balaban J connectivity index is 1.39. The van der Waals surface area contributed by atoms with Crippen molar-refractivity contribution in [1.29, 1.82) is 0 Å². The summed E-state index contributed by atoms with van der Waals surface area (Å²) >= 11 is 3.22. The number of nitrogens with zero attached hydrogens (tertiary/aromatic N) is 1. The molecule has 2 bridgehead atoms. The molecule has 1 aliphatic carbocycles. The summed E-state index contributed by atoms with van der Waals surface area (Å²) in [5.41, 5.74) is -0.438. The van der Waals surface area contributed by atoms with Crippen LogP contribution in [0.4, 0.5) is 8.78 Å². The highest BCUT2D eigenvalue weighted by Gasteiger charge is 2.53. The molecular weight excluding hydrogens is 602 g/mol. The standard InChI is InChI=1S/C30H37BrF2N2O4S/c1-20-16-24-10-11-25(17-20)35(24)29(36)28(30(32,33)22-8-5-9-23(31)18-22)34-40(37,38)27-14-12-26(13-15-27)39-19-21-6-3-2-4-7-21/h5,8-9,12-15,18,20-21,24-25,28,34H,2-4,6-7,10-11,16-17,19H2,1H3. The van der Waals surface area contributed by atoms with Gasteiger partial charge in [-0.15, -0.1) is 0 Å². The molecule has 1 N–H and O–H groups in total. The number of halogens is 3. The van der Waals surface area contributed by atoms with E-state index in [2.05, 4.69) is 27.6 Å². The van der Waals surface area contributed by atoms with Gasteiger partial charge in [0.25, 0.3) is 5.92 Å². The number of hydrogen-bond donors (Lipinski definition) is 1. The summed E-state index contributed by atoms with van der Waals surface area (Å²) in [4.78, 5) is 15.2. The Morgan fingerprint density at radius 2 is 1.70 bits per heavy atom. The first-order valence-corrected chi connectivity index (χ1v) is 16.5. The first-order valence-electron chi connectivity index (χ1n) is 14.3. The molecule has 2 saturated heterocycles. The number of hydrogen-bond acceptors (Lipinski definition) is 4. The van der Waals surface area contributed by atoms with Crippen LogP contribution in [0, 0.1) is 11.8 Å². The lowest BCUT2D eigenvalue weighted by Crippen LogP contribution is -2.59. The van der Waals surface area contributed by atoms with E-state index in [-0.39, 0.29) is 17.0 Å². The fourth-order valence-corrected chi connectivity index (χ4v) is 8.19. The number of fused-ring (bicyclic) bond motifs is 2. The van der Waals surface area contributed by atoms with Gasteiger partial charge in [-0.3, -0.25) is 4.79 Å². The normalized spacial score (nSPS) is 24.6. The Labute approximate surface area is 244 Å². The van der Waals surface area contributed by atoms with Gasteiger partial charge in [-0.2, -0.15) is 13.5 Å². The van der Waals surface area contributed by atoms with E-state index < -0.39 is 33.5 Å². The van der Waals surface area contributed by atoms with Gasteiger partial charge in [0.2, 0.25) is 15.9 Å². The van der Waals surface area contributed by atoms with Gasteiger partial charge in [-0.25, -0.2) is 8.42 Å². The van der Waals surface area contributed by atoms with Crippen LogP contribution in [0.2, 0.25) is 0 Å². The smallest absolute Gasteiger partial charge is 0.298 e. The quantitative estimate of drug-likeness (QED) is 0.334. The molecule has 3 aliphatic rings. The zero-order chi connectivity index (χ0) is 28.5. The number of ether oxygens (including phenoxy) is 1. The number of carbonyl (C=O) groups excluding carboxylic acids is 1. The number of sulfonamides is 1. The predicted octanol–water partition coefficient (Wildman–Crippen LogP) is 6.64. The monoisotopic (exact) mass is 638 g/mol. The van der Waals surface area contributed by atoms with Crippen molar-refractivity contribution in [2.75, 3.05) is 6.61 Å². The molecule has 2 heterocycles. The van der Waals surface area contributed by atoms with Crippen LogP contribution in [-0.2, 0) is 20.7 Å². The topological polar surface area (TPSA) is 75.7 Å². The molecule has 1 amide bonds. The molecule has 0 radical (unpaired) electrons. The number of piperidine rings is 1. The number of amides is 1. The third-order valence-electron chi connectivity index (χ3n) is 8.66. The van der Waals surface area contributed by atoms with Crippen LogP contribution >= 0.6 is 15.9 Å². The van der Waals surface area contributed by atoms with Crippen LogP contribution in [0.5, 0.6) is 5.75 Å². The maximum absolute atomic E-state index is 16.1. The van der Waals surface area contributed by atoms with Crippen LogP contribution in [0.15, 0.2) is 57.9 Å². The minimum Gasteiger partial charge on any atom is -0.493 e. The Bertz CT molecular complexity index is 1290. The molecule has 3 fully saturated rings. The first-order chi connectivity index (χ1) is 19.0. The SMILES string of the molecule is CC1CC2CCC(C1)N2C(=O)C(NS(=O)(=O)c1ccc(OCC2CCCCC2)cc1)C(F)(F)c1cccc(Br)c1. The Kier molecular flexibility index (Phi) is 8.88. The molecule has 40 heavy (non-hydrogen) atoms.